The molecule has 0 aliphatic heterocycles. The van der Waals surface area contributed by atoms with Crippen LogP contribution in [0.5, 0.6) is 5.75 Å². The van der Waals surface area contributed by atoms with Crippen LogP contribution in [0.15, 0.2) is 53.4 Å². The van der Waals surface area contributed by atoms with Gasteiger partial charge in [-0.3, -0.25) is 9.89 Å². The molecule has 0 saturated heterocycles. The number of nitriles is 1. The van der Waals surface area contributed by atoms with E-state index in [2.05, 4.69) is 20.5 Å². The highest BCUT2D eigenvalue weighted by Crippen LogP contribution is 2.29. The Kier molecular flexibility index (Phi) is 4.03. The molecule has 2 heterocycles. The van der Waals surface area contributed by atoms with Crippen LogP contribution in [0.25, 0.3) is 22.4 Å². The molecule has 4 rings (SSSR count). The highest BCUT2D eigenvalue weighted by Gasteiger charge is 2.17. The van der Waals surface area contributed by atoms with Gasteiger partial charge in [0.05, 0.1) is 30.0 Å². The van der Waals surface area contributed by atoms with Crippen molar-refractivity contribution in [1.29, 1.82) is 5.26 Å². The molecule has 132 valence electrons. The fourth-order valence-electron chi connectivity index (χ4n) is 2.83. The average molecular weight is 359 g/mol. The summed E-state index contributed by atoms with van der Waals surface area (Å²) in [5.41, 5.74) is 2.53. The predicted molar refractivity (Wildman–Crippen MR) is 97.3 cm³/mol. The van der Waals surface area contributed by atoms with Crippen LogP contribution in [0, 0.1) is 11.3 Å². The number of rotatable bonds is 4. The van der Waals surface area contributed by atoms with Gasteiger partial charge in [0.2, 0.25) is 0 Å². The highest BCUT2D eigenvalue weighted by molar-refractivity contribution is 6.07. The number of anilines is 1. The van der Waals surface area contributed by atoms with Gasteiger partial charge in [-0.2, -0.15) is 10.4 Å². The third kappa shape index (κ3) is 2.87. The molecule has 4 aromatic rings. The summed E-state index contributed by atoms with van der Waals surface area (Å²) in [4.78, 5) is 16.6. The molecule has 27 heavy (non-hydrogen) atoms. The van der Waals surface area contributed by atoms with Crippen LogP contribution in [0.1, 0.15) is 15.9 Å². The summed E-state index contributed by atoms with van der Waals surface area (Å²) in [7, 11) is 1.42. The predicted octanol–water partition coefficient (Wildman–Crippen LogP) is 3.35. The zero-order chi connectivity index (χ0) is 18.8. The van der Waals surface area contributed by atoms with Crippen LogP contribution in [0.3, 0.4) is 0 Å². The van der Waals surface area contributed by atoms with Crippen molar-refractivity contribution in [2.45, 2.75) is 0 Å². The molecule has 0 atom stereocenters. The summed E-state index contributed by atoms with van der Waals surface area (Å²) in [6.07, 6.45) is 2.90. The smallest absolute Gasteiger partial charge is 0.259 e. The maximum absolute atomic E-state index is 12.7. The van der Waals surface area contributed by atoms with Crippen molar-refractivity contribution in [1.82, 2.24) is 15.2 Å². The number of nitrogens with zero attached hydrogens (tertiary/aromatic N) is 3. The fraction of sp³-hybridized carbons (Fsp3) is 0.0526. The Labute approximate surface area is 153 Å². The number of fused-ring (bicyclic) bond motifs is 1. The zero-order valence-corrected chi connectivity index (χ0v) is 14.2. The van der Waals surface area contributed by atoms with E-state index in [1.54, 1.807) is 42.6 Å². The van der Waals surface area contributed by atoms with Gasteiger partial charge in [-0.25, -0.2) is 4.98 Å². The van der Waals surface area contributed by atoms with Gasteiger partial charge in [0, 0.05) is 11.1 Å². The first-order chi connectivity index (χ1) is 13.2. The Bertz CT molecular complexity index is 1170. The number of carbonyl (C=O) groups is 1. The van der Waals surface area contributed by atoms with E-state index in [4.69, 9.17) is 9.15 Å². The number of oxazole rings is 1. The Balaban J connectivity index is 1.69. The summed E-state index contributed by atoms with van der Waals surface area (Å²) in [6, 6.07) is 12.2. The lowest BCUT2D eigenvalue weighted by atomic mass is 10.1. The minimum Gasteiger partial charge on any atom is -0.495 e. The highest BCUT2D eigenvalue weighted by atomic mass is 16.5. The van der Waals surface area contributed by atoms with Gasteiger partial charge >= 0.3 is 0 Å². The van der Waals surface area contributed by atoms with E-state index in [1.807, 2.05) is 6.07 Å². The van der Waals surface area contributed by atoms with Crippen LogP contribution in [-0.4, -0.2) is 28.2 Å². The first kappa shape index (κ1) is 16.4. The van der Waals surface area contributed by atoms with E-state index >= 15 is 0 Å². The van der Waals surface area contributed by atoms with Gasteiger partial charge < -0.3 is 14.5 Å². The van der Waals surface area contributed by atoms with E-state index in [9.17, 15) is 10.1 Å². The summed E-state index contributed by atoms with van der Waals surface area (Å²) >= 11 is 0. The molecule has 0 radical (unpaired) electrons. The van der Waals surface area contributed by atoms with E-state index < -0.39 is 0 Å². The molecule has 2 aromatic carbocycles. The van der Waals surface area contributed by atoms with Crippen molar-refractivity contribution in [3.63, 3.8) is 0 Å². The number of H-pyrrole nitrogens is 1. The van der Waals surface area contributed by atoms with Crippen molar-refractivity contribution in [3.05, 3.63) is 60.1 Å². The minimum atomic E-state index is -0.381. The Morgan fingerprint density at radius 1 is 1.33 bits per heavy atom. The summed E-state index contributed by atoms with van der Waals surface area (Å²) in [6.45, 7) is 0. The van der Waals surface area contributed by atoms with E-state index in [1.165, 1.54) is 13.5 Å². The number of aromatic nitrogens is 3. The number of aromatic amines is 1. The number of ether oxygens (including phenoxy) is 1. The molecule has 2 aromatic heterocycles. The third-order valence-electron chi connectivity index (χ3n) is 4.07. The molecule has 8 nitrogen and oxygen atoms in total. The monoisotopic (exact) mass is 359 g/mol. The molecule has 2 N–H and O–H groups in total. The second kappa shape index (κ2) is 6.65. The molecule has 0 unspecified atom stereocenters. The normalized spacial score (nSPS) is 10.5. The lowest BCUT2D eigenvalue weighted by Crippen LogP contribution is -2.13. The quantitative estimate of drug-likeness (QED) is 0.577. The van der Waals surface area contributed by atoms with Crippen molar-refractivity contribution in [2.75, 3.05) is 12.4 Å². The number of amides is 1. The van der Waals surface area contributed by atoms with Gasteiger partial charge in [-0.1, -0.05) is 6.07 Å². The SMILES string of the molecule is COc1c(C#N)cccc1C(=O)Nc1ccc2[nH]nc(-c3cnco3)c2c1. The van der Waals surface area contributed by atoms with Gasteiger partial charge in [0.15, 0.2) is 12.2 Å². The molecule has 0 bridgehead atoms. The molecule has 0 fully saturated rings. The van der Waals surface area contributed by atoms with Crippen LogP contribution < -0.4 is 10.1 Å². The Morgan fingerprint density at radius 2 is 2.22 bits per heavy atom. The summed E-state index contributed by atoms with van der Waals surface area (Å²) in [5, 5.41) is 19.9. The van der Waals surface area contributed by atoms with E-state index in [0.717, 1.165) is 10.9 Å². The standard InChI is InChI=1S/C19H13N5O3/c1-26-18-11(8-20)3-2-4-13(18)19(25)22-12-5-6-15-14(7-12)17(24-23-15)16-9-21-10-27-16/h2-7,9-10H,1H3,(H,22,25)(H,23,24). The van der Waals surface area contributed by atoms with Crippen molar-refractivity contribution in [3.8, 4) is 23.3 Å². The largest absolute Gasteiger partial charge is 0.495 e. The topological polar surface area (TPSA) is 117 Å². The molecular formula is C19H13N5O3. The summed E-state index contributed by atoms with van der Waals surface area (Å²) in [5.74, 6) is 0.380. The van der Waals surface area contributed by atoms with Gasteiger partial charge in [-0.05, 0) is 30.3 Å². The lowest BCUT2D eigenvalue weighted by molar-refractivity contribution is 0.102. The van der Waals surface area contributed by atoms with E-state index in [0.29, 0.717) is 22.7 Å². The van der Waals surface area contributed by atoms with Crippen molar-refractivity contribution < 1.29 is 13.9 Å². The number of nitrogens with one attached hydrogen (secondary N) is 2. The number of carbonyl (C=O) groups excluding carboxylic acids is 1. The number of benzene rings is 2. The van der Waals surface area contributed by atoms with Gasteiger partial charge in [0.1, 0.15) is 17.5 Å². The molecule has 8 heteroatoms. The number of para-hydroxylation sites is 1. The summed E-state index contributed by atoms with van der Waals surface area (Å²) < 4.78 is 10.5. The first-order valence-corrected chi connectivity index (χ1v) is 7.96. The minimum absolute atomic E-state index is 0.240. The molecule has 0 aliphatic rings. The number of methoxy groups -OCH3 is 1. The third-order valence-corrected chi connectivity index (χ3v) is 4.07. The second-order valence-electron chi connectivity index (χ2n) is 5.65. The second-order valence-corrected chi connectivity index (χ2v) is 5.65. The zero-order valence-electron chi connectivity index (χ0n) is 14.2. The molecule has 1 amide bonds. The Morgan fingerprint density at radius 3 is 2.96 bits per heavy atom. The lowest BCUT2D eigenvalue weighted by Gasteiger charge is -2.10. The van der Waals surface area contributed by atoms with Crippen LogP contribution in [0.4, 0.5) is 5.69 Å². The van der Waals surface area contributed by atoms with Crippen molar-refractivity contribution in [2.24, 2.45) is 0 Å². The van der Waals surface area contributed by atoms with Crippen LogP contribution >= 0.6 is 0 Å². The molecular weight excluding hydrogens is 346 g/mol. The maximum Gasteiger partial charge on any atom is 0.259 e. The van der Waals surface area contributed by atoms with Crippen LogP contribution in [0.2, 0.25) is 0 Å². The molecule has 0 aliphatic carbocycles. The number of hydrogen-bond acceptors (Lipinski definition) is 6. The van der Waals surface area contributed by atoms with E-state index in [-0.39, 0.29) is 17.2 Å². The van der Waals surface area contributed by atoms with Crippen molar-refractivity contribution >= 4 is 22.5 Å². The Hall–Kier alpha value is -4.12. The van der Waals surface area contributed by atoms with Crippen LogP contribution in [-0.2, 0) is 0 Å². The number of hydrogen-bond donors (Lipinski definition) is 2. The first-order valence-electron chi connectivity index (χ1n) is 7.96. The molecule has 0 saturated carbocycles. The fourth-order valence-corrected chi connectivity index (χ4v) is 2.83. The average Bonchev–Trinajstić information content (AvgIpc) is 3.36. The van der Waals surface area contributed by atoms with Gasteiger partial charge in [-0.15, -0.1) is 0 Å². The maximum atomic E-state index is 12.7. The van der Waals surface area contributed by atoms with Gasteiger partial charge in [0.25, 0.3) is 5.91 Å². The molecule has 0 spiro atoms.